The van der Waals surface area contributed by atoms with Crippen LogP contribution in [0.3, 0.4) is 0 Å². The van der Waals surface area contributed by atoms with Crippen LogP contribution in [0.2, 0.25) is 0 Å². The van der Waals surface area contributed by atoms with Gasteiger partial charge in [-0.1, -0.05) is 21.5 Å². The maximum Gasteiger partial charge on any atom is 0.354 e. The first-order valence-corrected chi connectivity index (χ1v) is 17.3. The van der Waals surface area contributed by atoms with Crippen LogP contribution in [0, 0.1) is 5.92 Å². The number of oxime groups is 2. The third-order valence-corrected chi connectivity index (χ3v) is 10.1. The zero-order valence-corrected chi connectivity index (χ0v) is 27.2. The van der Waals surface area contributed by atoms with E-state index in [1.54, 1.807) is 27.7 Å². The molecule has 1 unspecified atom stereocenters. The van der Waals surface area contributed by atoms with E-state index in [2.05, 4.69) is 20.0 Å². The van der Waals surface area contributed by atoms with Crippen molar-refractivity contribution in [3.05, 3.63) is 22.5 Å². The highest BCUT2D eigenvalue weighted by Crippen LogP contribution is 2.53. The van der Waals surface area contributed by atoms with Crippen molar-refractivity contribution in [3.63, 3.8) is 0 Å². The Labute approximate surface area is 248 Å². The van der Waals surface area contributed by atoms with Gasteiger partial charge in [-0.2, -0.15) is 0 Å². The van der Waals surface area contributed by atoms with Gasteiger partial charge < -0.3 is 39.2 Å². The summed E-state index contributed by atoms with van der Waals surface area (Å²) in [6, 6.07) is 0. The Hall–Kier alpha value is -2.34. The second kappa shape index (κ2) is 19.0. The maximum absolute atomic E-state index is 12.6. The Morgan fingerprint density at radius 3 is 1.88 bits per heavy atom. The predicted octanol–water partition coefficient (Wildman–Crippen LogP) is 4.64. The quantitative estimate of drug-likeness (QED) is 0.129. The van der Waals surface area contributed by atoms with Crippen molar-refractivity contribution in [1.29, 1.82) is 0 Å². The highest BCUT2D eigenvalue weighted by atomic mass is 31.2. The first kappa shape index (κ1) is 37.7. The third-order valence-electron chi connectivity index (χ3n) is 6.19. The van der Waals surface area contributed by atoms with Crippen molar-refractivity contribution in [3.8, 4) is 0 Å². The van der Waals surface area contributed by atoms with Gasteiger partial charge in [-0.05, 0) is 71.8 Å². The highest BCUT2D eigenvalue weighted by molar-refractivity contribution is 7.57. The zero-order chi connectivity index (χ0) is 31.8. The molecule has 42 heavy (non-hydrogen) atoms. The van der Waals surface area contributed by atoms with Crippen LogP contribution < -0.4 is 11.5 Å². The Balaban J connectivity index is 0.000000420. The summed E-state index contributed by atoms with van der Waals surface area (Å²) in [6.45, 7) is 8.17. The Morgan fingerprint density at radius 2 is 1.40 bits per heavy atom. The molecule has 0 aromatic rings. The fourth-order valence-electron chi connectivity index (χ4n) is 4.75. The largest absolute Gasteiger partial charge is 0.399 e. The number of allylic oxidation sites excluding steroid dienone is 2. The number of nitrogens with two attached hydrogens (primary N) is 2. The molecule has 2 aliphatic carbocycles. The van der Waals surface area contributed by atoms with Gasteiger partial charge in [0.15, 0.2) is 11.4 Å². The van der Waals surface area contributed by atoms with Gasteiger partial charge >= 0.3 is 15.2 Å². The molecule has 1 fully saturated rings. The number of primary amides is 2. The van der Waals surface area contributed by atoms with Crippen LogP contribution in [-0.4, -0.2) is 70.0 Å². The maximum atomic E-state index is 12.6. The number of carbonyl (C=O) groups excluding carboxylic acids is 2. The number of amides is 2. The number of rotatable bonds is 17. The Morgan fingerprint density at radius 1 is 0.833 bits per heavy atom. The van der Waals surface area contributed by atoms with Crippen molar-refractivity contribution in [2.24, 2.45) is 27.7 Å². The topological polar surface area (TPSA) is 200 Å². The van der Waals surface area contributed by atoms with Gasteiger partial charge in [0.2, 0.25) is 0 Å². The minimum atomic E-state index is -3.30. The smallest absolute Gasteiger partial charge is 0.354 e. The van der Waals surface area contributed by atoms with Gasteiger partial charge in [0.25, 0.3) is 11.8 Å². The molecule has 2 aliphatic rings. The molecule has 0 bridgehead atoms. The molecular formula is C26H46N4O10P2. The summed E-state index contributed by atoms with van der Waals surface area (Å²) in [5.74, 6) is -0.0888. The van der Waals surface area contributed by atoms with E-state index < -0.39 is 27.0 Å². The Kier molecular flexibility index (Phi) is 17.1. The second-order valence-corrected chi connectivity index (χ2v) is 13.0. The molecule has 4 N–H and O–H groups in total. The molecule has 2 rings (SSSR count). The van der Waals surface area contributed by atoms with E-state index in [1.807, 2.05) is 0 Å². The van der Waals surface area contributed by atoms with Crippen LogP contribution in [0.4, 0.5) is 0 Å². The number of nitrogens with zero attached hydrogens (tertiary/aromatic N) is 2. The fraction of sp³-hybridized carbons (Fsp3) is 0.692. The summed E-state index contributed by atoms with van der Waals surface area (Å²) in [5, 5.41) is 7.40. The van der Waals surface area contributed by atoms with Crippen LogP contribution in [-0.2, 0) is 46.5 Å². The molecule has 0 heterocycles. The normalized spacial score (nSPS) is 19.1. The van der Waals surface area contributed by atoms with Crippen molar-refractivity contribution in [2.45, 2.75) is 66.2 Å². The molecule has 0 aromatic carbocycles. The summed E-state index contributed by atoms with van der Waals surface area (Å²) >= 11 is 0. The van der Waals surface area contributed by atoms with Crippen molar-refractivity contribution >= 4 is 38.4 Å². The summed E-state index contributed by atoms with van der Waals surface area (Å²) in [5.41, 5.74) is 13.2. The van der Waals surface area contributed by atoms with Crippen LogP contribution in [0.25, 0.3) is 0 Å². The molecule has 0 aliphatic heterocycles. The molecule has 0 spiro atoms. The fourth-order valence-corrected chi connectivity index (χ4v) is 8.27. The van der Waals surface area contributed by atoms with Gasteiger partial charge in [-0.3, -0.25) is 18.7 Å². The third kappa shape index (κ3) is 11.7. The first-order valence-electron chi connectivity index (χ1n) is 14.0. The van der Waals surface area contributed by atoms with E-state index in [1.165, 1.54) is 20.0 Å². The first-order chi connectivity index (χ1) is 19.9. The lowest BCUT2D eigenvalue weighted by molar-refractivity contribution is -0.113. The molecule has 16 heteroatoms. The summed E-state index contributed by atoms with van der Waals surface area (Å²) in [4.78, 5) is 32.3. The van der Waals surface area contributed by atoms with Gasteiger partial charge in [-0.25, -0.2) is 0 Å². The van der Waals surface area contributed by atoms with Crippen molar-refractivity contribution < 1.29 is 46.5 Å². The Bertz CT molecular complexity index is 1120. The summed E-state index contributed by atoms with van der Waals surface area (Å²) in [7, 11) is -3.80. The minimum Gasteiger partial charge on any atom is -0.399 e. The van der Waals surface area contributed by atoms with Crippen LogP contribution in [0.5, 0.6) is 0 Å². The molecule has 0 radical (unpaired) electrons. The van der Waals surface area contributed by atoms with Gasteiger partial charge in [0.05, 0.1) is 32.6 Å². The van der Waals surface area contributed by atoms with Gasteiger partial charge in [0, 0.05) is 11.7 Å². The van der Waals surface area contributed by atoms with E-state index in [0.29, 0.717) is 38.0 Å². The monoisotopic (exact) mass is 636 g/mol. The molecular weight excluding hydrogens is 590 g/mol. The van der Waals surface area contributed by atoms with E-state index in [-0.39, 0.29) is 36.7 Å². The lowest BCUT2D eigenvalue weighted by Gasteiger charge is -2.18. The van der Waals surface area contributed by atoms with Gasteiger partial charge in [-0.15, -0.1) is 0 Å². The average molecular weight is 637 g/mol. The molecule has 1 saturated carbocycles. The predicted molar refractivity (Wildman–Crippen MR) is 160 cm³/mol. The van der Waals surface area contributed by atoms with E-state index in [0.717, 1.165) is 30.4 Å². The lowest BCUT2D eigenvalue weighted by atomic mass is 9.98. The van der Waals surface area contributed by atoms with Crippen molar-refractivity contribution in [2.75, 3.05) is 46.8 Å². The SMILES string of the molecule is CCOP(=O)(C=C1CCCC1C(=NOC)C(N)=O)OCC.CCOP(=O)(CC1=C(C(=NOC)C(N)=O)CCC1)OCC. The second-order valence-electron chi connectivity index (χ2n) is 9.07. The van der Waals surface area contributed by atoms with E-state index in [4.69, 9.17) is 29.6 Å². The van der Waals surface area contributed by atoms with Crippen LogP contribution >= 0.6 is 15.2 Å². The number of hydrogen-bond acceptors (Lipinski definition) is 12. The van der Waals surface area contributed by atoms with E-state index >= 15 is 0 Å². The molecule has 14 nitrogen and oxygen atoms in total. The molecule has 240 valence electrons. The molecule has 0 aromatic heterocycles. The average Bonchev–Trinajstić information content (AvgIpc) is 3.55. The van der Waals surface area contributed by atoms with E-state index in [9.17, 15) is 18.7 Å². The summed E-state index contributed by atoms with van der Waals surface area (Å²) < 4.78 is 46.2. The standard InChI is InChI=1S/2C13H23N2O5P/c2*1-4-19-21(17,20-5-2)9-10-7-6-8-11(10)12(13(14)16)15-18-3/h4-9H2,1-3H3,(H2,14,16);9,11H,4-8H2,1-3H3,(H2,14,16). The lowest BCUT2D eigenvalue weighted by Crippen LogP contribution is -2.30. The molecule has 1 atom stereocenters. The summed E-state index contributed by atoms with van der Waals surface area (Å²) in [6.07, 6.45) is 4.62. The van der Waals surface area contributed by atoms with Crippen molar-refractivity contribution in [1.82, 2.24) is 0 Å². The minimum absolute atomic E-state index is 0.0875. The highest BCUT2D eigenvalue weighted by Gasteiger charge is 2.34. The molecule has 0 saturated heterocycles. The zero-order valence-electron chi connectivity index (χ0n) is 25.5. The van der Waals surface area contributed by atoms with Crippen LogP contribution in [0.15, 0.2) is 32.8 Å². The number of hydrogen-bond donors (Lipinski definition) is 2. The number of carbonyl (C=O) groups is 2. The van der Waals surface area contributed by atoms with Gasteiger partial charge in [0.1, 0.15) is 14.2 Å². The van der Waals surface area contributed by atoms with Crippen LogP contribution in [0.1, 0.15) is 66.2 Å². The molecule has 2 amide bonds.